The molecular weight excluding hydrogens is 295 g/mol. The highest BCUT2D eigenvalue weighted by atomic mass is 79.9. The van der Waals surface area contributed by atoms with Crippen LogP contribution in [0.1, 0.15) is 31.9 Å². The molecule has 2 atom stereocenters. The molecule has 0 radical (unpaired) electrons. The van der Waals surface area contributed by atoms with Gasteiger partial charge in [-0.05, 0) is 74.5 Å². The van der Waals surface area contributed by atoms with Crippen LogP contribution in [0, 0.1) is 5.82 Å². The predicted octanol–water partition coefficient (Wildman–Crippen LogP) is 3.58. The predicted molar refractivity (Wildman–Crippen MR) is 78.3 cm³/mol. The van der Waals surface area contributed by atoms with Gasteiger partial charge in [-0.1, -0.05) is 6.07 Å². The molecule has 4 heteroatoms. The first-order valence-corrected chi connectivity index (χ1v) is 7.05. The number of benzene rings is 1. The number of nitrogens with zero attached hydrogens (tertiary/aromatic N) is 1. The third-order valence-corrected chi connectivity index (χ3v) is 3.60. The summed E-state index contributed by atoms with van der Waals surface area (Å²) >= 11 is 3.22. The van der Waals surface area contributed by atoms with E-state index in [0.717, 1.165) is 18.5 Å². The van der Waals surface area contributed by atoms with Gasteiger partial charge < -0.3 is 10.2 Å². The van der Waals surface area contributed by atoms with Crippen LogP contribution < -0.4 is 5.32 Å². The molecule has 18 heavy (non-hydrogen) atoms. The van der Waals surface area contributed by atoms with Gasteiger partial charge in [0.05, 0.1) is 4.47 Å². The van der Waals surface area contributed by atoms with Gasteiger partial charge in [-0.3, -0.25) is 0 Å². The first-order valence-electron chi connectivity index (χ1n) is 6.26. The number of rotatable bonds is 6. The molecule has 102 valence electrons. The second-order valence-electron chi connectivity index (χ2n) is 5.05. The van der Waals surface area contributed by atoms with Gasteiger partial charge in [-0.15, -0.1) is 0 Å². The fourth-order valence-electron chi connectivity index (χ4n) is 1.84. The van der Waals surface area contributed by atoms with E-state index < -0.39 is 0 Å². The van der Waals surface area contributed by atoms with Gasteiger partial charge >= 0.3 is 0 Å². The van der Waals surface area contributed by atoms with Crippen molar-refractivity contribution in [2.75, 3.05) is 20.6 Å². The third kappa shape index (κ3) is 5.04. The van der Waals surface area contributed by atoms with Crippen molar-refractivity contribution in [1.82, 2.24) is 10.2 Å². The van der Waals surface area contributed by atoms with E-state index in [0.29, 0.717) is 10.5 Å². The average molecular weight is 317 g/mol. The fraction of sp³-hybridized carbons (Fsp3) is 0.571. The Labute approximate surface area is 118 Å². The standard InChI is InChI=1S/C14H22BrFN2/c1-10(7-8-18(3)4)17-11(2)12-5-6-14(16)13(15)9-12/h5-6,9-11,17H,7-8H2,1-4H3. The maximum atomic E-state index is 13.2. The smallest absolute Gasteiger partial charge is 0.137 e. The number of halogens is 2. The van der Waals surface area contributed by atoms with Crippen molar-refractivity contribution in [3.63, 3.8) is 0 Å². The summed E-state index contributed by atoms with van der Waals surface area (Å²) in [7, 11) is 4.15. The van der Waals surface area contributed by atoms with E-state index >= 15 is 0 Å². The Morgan fingerprint density at radius 2 is 2.00 bits per heavy atom. The molecule has 0 saturated heterocycles. The molecule has 0 spiro atoms. The average Bonchev–Trinajstić information content (AvgIpc) is 2.30. The number of nitrogens with one attached hydrogen (secondary N) is 1. The Kier molecular flexibility index (Phi) is 6.26. The maximum Gasteiger partial charge on any atom is 0.137 e. The van der Waals surface area contributed by atoms with Gasteiger partial charge in [0, 0.05) is 12.1 Å². The van der Waals surface area contributed by atoms with Crippen LogP contribution >= 0.6 is 15.9 Å². The molecule has 0 heterocycles. The molecule has 0 amide bonds. The van der Waals surface area contributed by atoms with Gasteiger partial charge in [0.15, 0.2) is 0 Å². The summed E-state index contributed by atoms with van der Waals surface area (Å²) in [6.07, 6.45) is 1.10. The van der Waals surface area contributed by atoms with E-state index in [-0.39, 0.29) is 11.9 Å². The summed E-state index contributed by atoms with van der Waals surface area (Å²) < 4.78 is 13.7. The summed E-state index contributed by atoms with van der Waals surface area (Å²) in [6.45, 7) is 5.35. The topological polar surface area (TPSA) is 15.3 Å². The zero-order valence-corrected chi connectivity index (χ0v) is 13.1. The molecule has 2 unspecified atom stereocenters. The lowest BCUT2D eigenvalue weighted by atomic mass is 10.1. The van der Waals surface area contributed by atoms with Crippen molar-refractivity contribution in [3.8, 4) is 0 Å². The van der Waals surface area contributed by atoms with Gasteiger partial charge in [0.25, 0.3) is 0 Å². The van der Waals surface area contributed by atoms with E-state index in [1.165, 1.54) is 6.07 Å². The molecule has 0 saturated carbocycles. The zero-order valence-electron chi connectivity index (χ0n) is 11.5. The van der Waals surface area contributed by atoms with E-state index in [1.807, 2.05) is 12.1 Å². The second kappa shape index (κ2) is 7.22. The monoisotopic (exact) mass is 316 g/mol. The molecule has 1 rings (SSSR count). The van der Waals surface area contributed by atoms with E-state index in [9.17, 15) is 4.39 Å². The molecule has 0 aromatic heterocycles. The molecule has 0 aliphatic rings. The number of hydrogen-bond donors (Lipinski definition) is 1. The molecular formula is C14H22BrFN2. The Bertz CT molecular complexity index is 382. The Morgan fingerprint density at radius 1 is 1.33 bits per heavy atom. The van der Waals surface area contributed by atoms with E-state index in [2.05, 4.69) is 54.1 Å². The molecule has 0 fully saturated rings. The van der Waals surface area contributed by atoms with Crippen LogP contribution in [0.3, 0.4) is 0 Å². The fourth-order valence-corrected chi connectivity index (χ4v) is 2.24. The van der Waals surface area contributed by atoms with Crippen molar-refractivity contribution in [1.29, 1.82) is 0 Å². The van der Waals surface area contributed by atoms with Gasteiger partial charge in [-0.2, -0.15) is 0 Å². The Hall–Kier alpha value is -0.450. The summed E-state index contributed by atoms with van der Waals surface area (Å²) in [5.41, 5.74) is 1.10. The molecule has 1 N–H and O–H groups in total. The van der Waals surface area contributed by atoms with Crippen LogP contribution in [0.2, 0.25) is 0 Å². The lowest BCUT2D eigenvalue weighted by Gasteiger charge is -2.22. The van der Waals surface area contributed by atoms with Gasteiger partial charge in [0.1, 0.15) is 5.82 Å². The largest absolute Gasteiger partial charge is 0.309 e. The highest BCUT2D eigenvalue weighted by Gasteiger charge is 2.11. The normalized spacial score (nSPS) is 14.8. The van der Waals surface area contributed by atoms with Crippen molar-refractivity contribution >= 4 is 15.9 Å². The molecule has 0 aliphatic carbocycles. The lowest BCUT2D eigenvalue weighted by Crippen LogP contribution is -2.31. The van der Waals surface area contributed by atoms with Gasteiger partial charge in [0.2, 0.25) is 0 Å². The lowest BCUT2D eigenvalue weighted by molar-refractivity contribution is 0.354. The minimum absolute atomic E-state index is 0.216. The maximum absolute atomic E-state index is 13.2. The first kappa shape index (κ1) is 15.6. The summed E-state index contributed by atoms with van der Waals surface area (Å²) in [5, 5.41) is 3.53. The first-order chi connectivity index (χ1) is 8.40. The summed E-state index contributed by atoms with van der Waals surface area (Å²) in [5.74, 6) is -0.216. The van der Waals surface area contributed by atoms with Crippen molar-refractivity contribution in [3.05, 3.63) is 34.1 Å². The minimum atomic E-state index is -0.216. The van der Waals surface area contributed by atoms with Gasteiger partial charge in [-0.25, -0.2) is 4.39 Å². The quantitative estimate of drug-likeness (QED) is 0.863. The summed E-state index contributed by atoms with van der Waals surface area (Å²) in [4.78, 5) is 2.18. The second-order valence-corrected chi connectivity index (χ2v) is 5.91. The van der Waals surface area contributed by atoms with E-state index in [1.54, 1.807) is 0 Å². The van der Waals surface area contributed by atoms with Crippen LogP contribution in [-0.2, 0) is 0 Å². The van der Waals surface area contributed by atoms with Crippen LogP contribution in [0.4, 0.5) is 4.39 Å². The van der Waals surface area contributed by atoms with E-state index in [4.69, 9.17) is 0 Å². The Balaban J connectivity index is 2.53. The third-order valence-electron chi connectivity index (χ3n) is 2.99. The number of hydrogen-bond acceptors (Lipinski definition) is 2. The minimum Gasteiger partial charge on any atom is -0.309 e. The van der Waals surface area contributed by atoms with Crippen molar-refractivity contribution in [2.45, 2.75) is 32.4 Å². The van der Waals surface area contributed by atoms with Crippen LogP contribution in [0.15, 0.2) is 22.7 Å². The molecule has 0 bridgehead atoms. The van der Waals surface area contributed by atoms with Crippen LogP contribution in [0.5, 0.6) is 0 Å². The van der Waals surface area contributed by atoms with Crippen molar-refractivity contribution < 1.29 is 4.39 Å². The van der Waals surface area contributed by atoms with Crippen molar-refractivity contribution in [2.24, 2.45) is 0 Å². The molecule has 2 nitrogen and oxygen atoms in total. The van der Waals surface area contributed by atoms with Crippen LogP contribution in [-0.4, -0.2) is 31.6 Å². The molecule has 1 aromatic carbocycles. The SMILES string of the molecule is CC(CCN(C)C)NC(C)c1ccc(F)c(Br)c1. The highest BCUT2D eigenvalue weighted by Crippen LogP contribution is 2.21. The zero-order chi connectivity index (χ0) is 13.7. The highest BCUT2D eigenvalue weighted by molar-refractivity contribution is 9.10. The molecule has 0 aliphatic heterocycles. The van der Waals surface area contributed by atoms with Crippen LogP contribution in [0.25, 0.3) is 0 Å². The Morgan fingerprint density at radius 3 is 2.56 bits per heavy atom. The molecule has 1 aromatic rings. The summed E-state index contributed by atoms with van der Waals surface area (Å²) in [6, 6.07) is 5.83.